The molecule has 3 rings (SSSR count). The van der Waals surface area contributed by atoms with E-state index >= 15 is 0 Å². The minimum atomic E-state index is -4.49. The van der Waals surface area contributed by atoms with Crippen LogP contribution in [0.3, 0.4) is 0 Å². The Kier molecular flexibility index (Phi) is 5.58. The van der Waals surface area contributed by atoms with E-state index in [1.54, 1.807) is 25.5 Å². The van der Waals surface area contributed by atoms with Crippen LogP contribution in [-0.4, -0.2) is 33.1 Å². The third kappa shape index (κ3) is 4.56. The van der Waals surface area contributed by atoms with Crippen molar-refractivity contribution in [3.8, 4) is 5.69 Å². The van der Waals surface area contributed by atoms with E-state index in [-0.39, 0.29) is 5.28 Å². The van der Waals surface area contributed by atoms with Gasteiger partial charge in [0.2, 0.25) is 5.28 Å². The molecule has 6 nitrogen and oxygen atoms in total. The number of anilines is 2. The average molecular weight is 495 g/mol. The highest BCUT2D eigenvalue weighted by Gasteiger charge is 2.32. The van der Waals surface area contributed by atoms with Gasteiger partial charge >= 0.3 is 6.18 Å². The van der Waals surface area contributed by atoms with Gasteiger partial charge in [0.15, 0.2) is 0 Å². The van der Waals surface area contributed by atoms with Crippen LogP contribution in [0.25, 0.3) is 5.69 Å². The molecule has 0 unspecified atom stereocenters. The molecule has 0 aliphatic carbocycles. The Hall–Kier alpha value is -1.90. The molecule has 12 heteroatoms. The fourth-order valence-electron chi connectivity index (χ4n) is 2.38. The summed E-state index contributed by atoms with van der Waals surface area (Å²) in [4.78, 5) is 7.90. The summed E-state index contributed by atoms with van der Waals surface area (Å²) in [7, 11) is -2.81. The van der Waals surface area contributed by atoms with Gasteiger partial charge in [-0.15, -0.1) is 0 Å². The first-order valence-electron chi connectivity index (χ1n) is 7.72. The number of benzene rings is 1. The second kappa shape index (κ2) is 7.50. The van der Waals surface area contributed by atoms with Gasteiger partial charge in [-0.05, 0) is 59.1 Å². The molecule has 3 aromatic rings. The number of rotatable bonds is 4. The Bertz CT molecular complexity index is 1080. The molecule has 0 aliphatic rings. The molecular weight excluding hydrogens is 482 g/mol. The lowest BCUT2D eigenvalue weighted by molar-refractivity contribution is -0.137. The Balaban J connectivity index is 2.05. The molecule has 0 radical (unpaired) electrons. The molecule has 0 spiro atoms. The Morgan fingerprint density at radius 2 is 1.96 bits per heavy atom. The van der Waals surface area contributed by atoms with Crippen molar-refractivity contribution in [3.05, 3.63) is 52.1 Å². The molecule has 0 bridgehead atoms. The van der Waals surface area contributed by atoms with E-state index in [0.717, 1.165) is 17.1 Å². The van der Waals surface area contributed by atoms with E-state index in [4.69, 9.17) is 11.6 Å². The molecule has 2 heterocycles. The van der Waals surface area contributed by atoms with E-state index < -0.39 is 18.9 Å². The lowest BCUT2D eigenvalue weighted by Crippen LogP contribution is -2.13. The Morgan fingerprint density at radius 3 is 2.57 bits per heavy atom. The maximum absolute atomic E-state index is 12.8. The van der Waals surface area contributed by atoms with Crippen molar-refractivity contribution in [2.45, 2.75) is 6.18 Å². The number of alkyl halides is 3. The number of nitrogens with one attached hydrogen (secondary N) is 1. The van der Waals surface area contributed by atoms with Crippen LogP contribution >= 0.6 is 34.7 Å². The van der Waals surface area contributed by atoms with Crippen molar-refractivity contribution in [3.63, 3.8) is 0 Å². The summed E-state index contributed by atoms with van der Waals surface area (Å²) in [6.45, 7) is 3.12. The molecule has 0 saturated carbocycles. The van der Waals surface area contributed by atoms with Crippen molar-refractivity contribution < 1.29 is 17.7 Å². The predicted molar refractivity (Wildman–Crippen MR) is 106 cm³/mol. The van der Waals surface area contributed by atoms with Crippen LogP contribution in [-0.2, 0) is 10.7 Å². The van der Waals surface area contributed by atoms with Crippen LogP contribution in [0.2, 0.25) is 5.28 Å². The molecule has 1 aromatic carbocycles. The van der Waals surface area contributed by atoms with Gasteiger partial charge in [-0.1, -0.05) is 0 Å². The van der Waals surface area contributed by atoms with Crippen molar-refractivity contribution in [2.24, 2.45) is 0 Å². The molecule has 148 valence electrons. The van der Waals surface area contributed by atoms with Gasteiger partial charge in [0, 0.05) is 17.7 Å². The van der Waals surface area contributed by atoms with Crippen LogP contribution in [0.4, 0.5) is 24.7 Å². The summed E-state index contributed by atoms with van der Waals surface area (Å²) < 4.78 is 52.9. The number of aromatic nitrogens is 4. The van der Waals surface area contributed by atoms with E-state index in [1.165, 1.54) is 12.3 Å². The van der Waals surface area contributed by atoms with Crippen LogP contribution in [0.1, 0.15) is 5.56 Å². The number of halogens is 5. The first kappa shape index (κ1) is 20.8. The van der Waals surface area contributed by atoms with Crippen LogP contribution < -0.4 is 10.6 Å². The van der Waals surface area contributed by atoms with Crippen LogP contribution in [0, 0.1) is 0 Å². The summed E-state index contributed by atoms with van der Waals surface area (Å²) >= 11 is 9.12. The zero-order valence-corrected chi connectivity index (χ0v) is 17.7. The fourth-order valence-corrected chi connectivity index (χ4v) is 3.96. The normalized spacial score (nSPS) is 12.2. The van der Waals surface area contributed by atoms with Crippen molar-refractivity contribution in [1.29, 1.82) is 0 Å². The highest BCUT2D eigenvalue weighted by molar-refractivity contribution is 9.10. The van der Waals surface area contributed by atoms with Gasteiger partial charge in [0.05, 0.1) is 27.6 Å². The molecular formula is C16H13BrClF3N5OP. The molecule has 0 fully saturated rings. The van der Waals surface area contributed by atoms with E-state index in [0.29, 0.717) is 27.0 Å². The molecule has 0 saturated heterocycles. The number of nitrogens with zero attached hydrogens (tertiary/aromatic N) is 4. The largest absolute Gasteiger partial charge is 0.419 e. The zero-order chi connectivity index (χ0) is 20.7. The molecule has 0 amide bonds. The van der Waals surface area contributed by atoms with Crippen LogP contribution in [0.5, 0.6) is 0 Å². The first-order chi connectivity index (χ1) is 12.9. The highest BCUT2D eigenvalue weighted by Crippen LogP contribution is 2.39. The predicted octanol–water partition coefficient (Wildman–Crippen LogP) is 5.09. The van der Waals surface area contributed by atoms with Gasteiger partial charge in [-0.2, -0.15) is 23.3 Å². The SMILES string of the molecule is CP(C)(=O)c1cc(-n2cc(C(F)(F)F)cn2)ccc1Nc1nc(Cl)ncc1Br. The van der Waals surface area contributed by atoms with Crippen molar-refractivity contribution in [1.82, 2.24) is 19.7 Å². The van der Waals surface area contributed by atoms with E-state index in [2.05, 4.69) is 36.3 Å². The average Bonchev–Trinajstić information content (AvgIpc) is 3.08. The molecule has 1 N–H and O–H groups in total. The van der Waals surface area contributed by atoms with E-state index in [9.17, 15) is 17.7 Å². The maximum Gasteiger partial charge on any atom is 0.419 e. The second-order valence-electron chi connectivity index (χ2n) is 6.18. The van der Waals surface area contributed by atoms with Crippen molar-refractivity contribution in [2.75, 3.05) is 18.6 Å². The molecule has 28 heavy (non-hydrogen) atoms. The third-order valence-corrected chi connectivity index (χ3v) is 6.00. The summed E-state index contributed by atoms with van der Waals surface area (Å²) in [5.74, 6) is 0.362. The Labute approximate surface area is 171 Å². The van der Waals surface area contributed by atoms with E-state index in [1.807, 2.05) is 0 Å². The third-order valence-electron chi connectivity index (χ3n) is 3.70. The summed E-state index contributed by atoms with van der Waals surface area (Å²) in [5, 5.41) is 7.24. The fraction of sp³-hybridized carbons (Fsp3) is 0.188. The monoisotopic (exact) mass is 493 g/mol. The summed E-state index contributed by atoms with van der Waals surface area (Å²) in [6.07, 6.45) is -1.41. The zero-order valence-electron chi connectivity index (χ0n) is 14.5. The van der Waals surface area contributed by atoms with Gasteiger partial charge < -0.3 is 9.88 Å². The van der Waals surface area contributed by atoms with Gasteiger partial charge in [-0.25, -0.2) is 9.67 Å². The Morgan fingerprint density at radius 1 is 1.25 bits per heavy atom. The number of hydrogen-bond acceptors (Lipinski definition) is 5. The smallest absolute Gasteiger partial charge is 0.339 e. The maximum atomic E-state index is 12.8. The quantitative estimate of drug-likeness (QED) is 0.404. The van der Waals surface area contributed by atoms with Crippen LogP contribution in [0.15, 0.2) is 41.3 Å². The topological polar surface area (TPSA) is 72.7 Å². The van der Waals surface area contributed by atoms with Gasteiger partial charge in [0.25, 0.3) is 0 Å². The van der Waals surface area contributed by atoms with Crippen molar-refractivity contribution >= 4 is 51.5 Å². The highest BCUT2D eigenvalue weighted by atomic mass is 79.9. The summed E-state index contributed by atoms with van der Waals surface area (Å²) in [5.41, 5.74) is -0.0394. The van der Waals surface area contributed by atoms with Gasteiger partial charge in [0.1, 0.15) is 13.0 Å². The number of hydrogen-bond donors (Lipinski definition) is 1. The minimum absolute atomic E-state index is 0.0243. The molecule has 2 aromatic heterocycles. The minimum Gasteiger partial charge on any atom is -0.339 e. The standard InChI is InChI=1S/C16H13BrClF3N5OP/c1-28(2,27)13-5-10(26-8-9(6-23-26)16(19,20)21)3-4-12(13)24-14-11(17)7-22-15(18)25-14/h3-8H,1-2H3,(H,22,24,25). The molecule has 0 aliphatic heterocycles. The summed E-state index contributed by atoms with van der Waals surface area (Å²) in [6, 6.07) is 4.69. The lowest BCUT2D eigenvalue weighted by atomic mass is 10.2. The lowest BCUT2D eigenvalue weighted by Gasteiger charge is -2.17. The van der Waals surface area contributed by atoms with Gasteiger partial charge in [-0.3, -0.25) is 0 Å². The molecule has 0 atom stereocenters. The first-order valence-corrected chi connectivity index (χ1v) is 11.5. The second-order valence-corrected chi connectivity index (χ2v) is 10.6.